The van der Waals surface area contributed by atoms with E-state index in [1.807, 2.05) is 0 Å². The fourth-order valence-corrected chi connectivity index (χ4v) is 1.64. The van der Waals surface area contributed by atoms with Gasteiger partial charge in [0.2, 0.25) is 5.90 Å². The number of aliphatic imine (C=N–C) groups is 1. The SMILES string of the molecule is O=C(O)C1CCN=C(OS(=O)(=O)C(F)(F)F)C1. The lowest BCUT2D eigenvalue weighted by molar-refractivity contribution is -0.141. The predicted molar refractivity (Wildman–Crippen MR) is 48.7 cm³/mol. The number of hydrogen-bond acceptors (Lipinski definition) is 5. The van der Waals surface area contributed by atoms with Crippen molar-refractivity contribution < 1.29 is 35.7 Å². The Bertz CT molecular complexity index is 441. The number of carboxylic acid groups (broad SMARTS) is 1. The van der Waals surface area contributed by atoms with E-state index < -0.39 is 39.8 Å². The lowest BCUT2D eigenvalue weighted by atomic mass is 10.00. The predicted octanol–water partition coefficient (Wildman–Crippen LogP) is 0.746. The lowest BCUT2D eigenvalue weighted by Gasteiger charge is -2.18. The van der Waals surface area contributed by atoms with Gasteiger partial charge in [-0.05, 0) is 6.42 Å². The van der Waals surface area contributed by atoms with Crippen molar-refractivity contribution in [1.82, 2.24) is 0 Å². The second kappa shape index (κ2) is 4.51. The third-order valence-corrected chi connectivity index (χ3v) is 3.00. The highest BCUT2D eigenvalue weighted by Crippen LogP contribution is 2.27. The van der Waals surface area contributed by atoms with E-state index in [1.54, 1.807) is 0 Å². The fraction of sp³-hybridized carbons (Fsp3) is 0.714. The van der Waals surface area contributed by atoms with Gasteiger partial charge in [-0.25, -0.2) is 0 Å². The Morgan fingerprint density at radius 2 is 2.06 bits per heavy atom. The second-order valence-electron chi connectivity index (χ2n) is 3.29. The molecule has 0 saturated heterocycles. The van der Waals surface area contributed by atoms with E-state index >= 15 is 0 Å². The molecule has 0 spiro atoms. The molecule has 17 heavy (non-hydrogen) atoms. The molecule has 0 amide bonds. The van der Waals surface area contributed by atoms with Crippen LogP contribution in [0.15, 0.2) is 4.99 Å². The maximum absolute atomic E-state index is 12.0. The average Bonchev–Trinajstić information content (AvgIpc) is 2.15. The molecule has 0 aromatic carbocycles. The molecule has 1 aliphatic rings. The zero-order valence-corrected chi connectivity index (χ0v) is 9.08. The van der Waals surface area contributed by atoms with Crippen LogP contribution in [0.1, 0.15) is 12.8 Å². The van der Waals surface area contributed by atoms with Crippen LogP contribution in [0.5, 0.6) is 0 Å². The molecule has 0 aromatic rings. The normalized spacial score (nSPS) is 21.8. The Balaban J connectivity index is 2.77. The number of alkyl halides is 3. The highest BCUT2D eigenvalue weighted by Gasteiger charge is 2.49. The highest BCUT2D eigenvalue weighted by molar-refractivity contribution is 7.88. The van der Waals surface area contributed by atoms with Crippen LogP contribution in [-0.4, -0.2) is 37.4 Å². The van der Waals surface area contributed by atoms with Gasteiger partial charge in [0.05, 0.1) is 5.92 Å². The summed E-state index contributed by atoms with van der Waals surface area (Å²) in [5, 5.41) is 8.63. The molecule has 0 radical (unpaired) electrons. The first-order valence-electron chi connectivity index (χ1n) is 4.40. The monoisotopic (exact) mass is 275 g/mol. The molecule has 6 nitrogen and oxygen atoms in total. The lowest BCUT2D eigenvalue weighted by Crippen LogP contribution is -2.31. The van der Waals surface area contributed by atoms with Crippen molar-refractivity contribution in [2.75, 3.05) is 6.54 Å². The van der Waals surface area contributed by atoms with Crippen molar-refractivity contribution in [3.05, 3.63) is 0 Å². The standard InChI is InChI=1S/C7H8F3NO5S/c8-7(9,10)17(14,15)16-5-3-4(6(12)13)1-2-11-5/h4H,1-3H2,(H,12,13). The first kappa shape index (κ1) is 13.7. The van der Waals surface area contributed by atoms with Crippen molar-refractivity contribution >= 4 is 22.0 Å². The van der Waals surface area contributed by atoms with Gasteiger partial charge in [0.15, 0.2) is 0 Å². The molecular formula is C7H8F3NO5S. The molecule has 0 saturated carbocycles. The molecule has 98 valence electrons. The molecule has 1 aliphatic heterocycles. The maximum Gasteiger partial charge on any atom is 0.534 e. The number of hydrogen-bond donors (Lipinski definition) is 1. The van der Waals surface area contributed by atoms with E-state index in [9.17, 15) is 26.4 Å². The van der Waals surface area contributed by atoms with Gasteiger partial charge in [0.1, 0.15) is 0 Å². The minimum atomic E-state index is -5.77. The molecule has 0 aliphatic carbocycles. The molecule has 1 rings (SSSR count). The Morgan fingerprint density at radius 1 is 1.47 bits per heavy atom. The Morgan fingerprint density at radius 3 is 2.53 bits per heavy atom. The highest BCUT2D eigenvalue weighted by atomic mass is 32.2. The summed E-state index contributed by atoms with van der Waals surface area (Å²) < 4.78 is 60.9. The summed E-state index contributed by atoms with van der Waals surface area (Å²) in [5.74, 6) is -2.93. The smallest absolute Gasteiger partial charge is 0.481 e. The molecular weight excluding hydrogens is 267 g/mol. The summed E-state index contributed by atoms with van der Waals surface area (Å²) in [4.78, 5) is 14.0. The number of carboxylic acids is 1. The van der Waals surface area contributed by atoms with E-state index in [0.29, 0.717) is 0 Å². The maximum atomic E-state index is 12.0. The topological polar surface area (TPSA) is 93.0 Å². The Kier molecular flexibility index (Phi) is 3.65. The van der Waals surface area contributed by atoms with Crippen LogP contribution in [0.25, 0.3) is 0 Å². The Labute approximate surface area is 94.2 Å². The van der Waals surface area contributed by atoms with Crippen molar-refractivity contribution in [3.63, 3.8) is 0 Å². The Hall–Kier alpha value is -1.32. The first-order valence-corrected chi connectivity index (χ1v) is 5.81. The van der Waals surface area contributed by atoms with E-state index in [1.165, 1.54) is 0 Å². The quantitative estimate of drug-likeness (QED) is 0.592. The summed E-state index contributed by atoms with van der Waals surface area (Å²) in [7, 11) is -5.77. The van der Waals surface area contributed by atoms with E-state index in [-0.39, 0.29) is 13.0 Å². The second-order valence-corrected chi connectivity index (χ2v) is 4.82. The van der Waals surface area contributed by atoms with Crippen LogP contribution in [-0.2, 0) is 19.1 Å². The van der Waals surface area contributed by atoms with Crippen LogP contribution < -0.4 is 0 Å². The van der Waals surface area contributed by atoms with Crippen molar-refractivity contribution in [2.45, 2.75) is 18.3 Å². The van der Waals surface area contributed by atoms with Gasteiger partial charge in [-0.3, -0.25) is 9.79 Å². The van der Waals surface area contributed by atoms with Crippen LogP contribution in [0.2, 0.25) is 0 Å². The van der Waals surface area contributed by atoms with Crippen LogP contribution >= 0.6 is 0 Å². The molecule has 1 heterocycles. The molecule has 1 N–H and O–H groups in total. The summed E-state index contributed by atoms with van der Waals surface area (Å²) in [6, 6.07) is 0. The van der Waals surface area contributed by atoms with Crippen LogP contribution in [0.4, 0.5) is 13.2 Å². The molecule has 0 fully saturated rings. The van der Waals surface area contributed by atoms with Gasteiger partial charge in [0, 0.05) is 13.0 Å². The van der Waals surface area contributed by atoms with Crippen LogP contribution in [0.3, 0.4) is 0 Å². The molecule has 0 bridgehead atoms. The van der Waals surface area contributed by atoms with Gasteiger partial charge in [-0.15, -0.1) is 0 Å². The number of carbonyl (C=O) groups is 1. The average molecular weight is 275 g/mol. The largest absolute Gasteiger partial charge is 0.534 e. The van der Waals surface area contributed by atoms with Crippen molar-refractivity contribution in [2.24, 2.45) is 10.9 Å². The number of halogens is 3. The summed E-state index contributed by atoms with van der Waals surface area (Å²) in [6.45, 7) is -0.0837. The van der Waals surface area contributed by atoms with Crippen molar-refractivity contribution in [1.29, 1.82) is 0 Å². The number of aliphatic carboxylic acids is 1. The molecule has 1 atom stereocenters. The summed E-state index contributed by atoms with van der Waals surface area (Å²) >= 11 is 0. The van der Waals surface area contributed by atoms with E-state index in [4.69, 9.17) is 5.11 Å². The number of nitrogens with zero attached hydrogens (tertiary/aromatic N) is 1. The molecule has 10 heteroatoms. The first-order chi connectivity index (χ1) is 7.63. The van der Waals surface area contributed by atoms with Gasteiger partial charge < -0.3 is 9.29 Å². The van der Waals surface area contributed by atoms with Crippen LogP contribution in [0, 0.1) is 5.92 Å². The van der Waals surface area contributed by atoms with Gasteiger partial charge in [-0.2, -0.15) is 21.6 Å². The third-order valence-electron chi connectivity index (χ3n) is 2.03. The minimum absolute atomic E-state index is 0.0837. The van der Waals surface area contributed by atoms with Crippen molar-refractivity contribution in [3.8, 4) is 0 Å². The third kappa shape index (κ3) is 3.32. The summed E-state index contributed by atoms with van der Waals surface area (Å²) in [6.07, 6.45) is -0.334. The zero-order chi connectivity index (χ0) is 13.3. The van der Waals surface area contributed by atoms with Gasteiger partial charge in [-0.1, -0.05) is 0 Å². The van der Waals surface area contributed by atoms with E-state index in [0.717, 1.165) is 0 Å². The molecule has 0 aromatic heterocycles. The van der Waals surface area contributed by atoms with Gasteiger partial charge in [0.25, 0.3) is 0 Å². The van der Waals surface area contributed by atoms with E-state index in [2.05, 4.69) is 9.18 Å². The summed E-state index contributed by atoms with van der Waals surface area (Å²) in [5.41, 5.74) is -5.55. The zero-order valence-electron chi connectivity index (χ0n) is 8.27. The van der Waals surface area contributed by atoms with Gasteiger partial charge >= 0.3 is 21.6 Å². The molecule has 1 unspecified atom stereocenters. The fourth-order valence-electron chi connectivity index (χ4n) is 1.17. The number of rotatable bonds is 2. The minimum Gasteiger partial charge on any atom is -0.481 e.